The Labute approximate surface area is 108 Å². The zero-order chi connectivity index (χ0) is 12.4. The highest BCUT2D eigenvalue weighted by Gasteiger charge is 2.17. The number of aryl methyl sites for hydroxylation is 1. The minimum absolute atomic E-state index is 0.623. The Morgan fingerprint density at radius 2 is 1.89 bits per heavy atom. The van der Waals surface area contributed by atoms with Gasteiger partial charge in [0.1, 0.15) is 0 Å². The highest BCUT2D eigenvalue weighted by atomic mass is 15.0. The first-order chi connectivity index (χ1) is 8.83. The van der Waals surface area contributed by atoms with E-state index in [0.29, 0.717) is 5.92 Å². The summed E-state index contributed by atoms with van der Waals surface area (Å²) in [5.74, 6) is 0.623. The lowest BCUT2D eigenvalue weighted by Gasteiger charge is -2.20. The number of hydrogen-bond donors (Lipinski definition) is 1. The fourth-order valence-corrected chi connectivity index (χ4v) is 2.52. The van der Waals surface area contributed by atoms with Gasteiger partial charge in [-0.1, -0.05) is 17.7 Å². The Bertz CT molecular complexity index is 507. The highest BCUT2D eigenvalue weighted by molar-refractivity contribution is 5.34. The number of aromatic nitrogens is 2. The fourth-order valence-electron chi connectivity index (χ4n) is 2.52. The molecule has 0 atom stereocenters. The largest absolute Gasteiger partial charge is 0.317 e. The molecule has 1 saturated heterocycles. The van der Waals surface area contributed by atoms with E-state index in [0.717, 1.165) is 13.1 Å². The van der Waals surface area contributed by atoms with Crippen molar-refractivity contribution in [1.29, 1.82) is 0 Å². The second-order valence-electron chi connectivity index (χ2n) is 5.07. The van der Waals surface area contributed by atoms with Gasteiger partial charge in [-0.05, 0) is 45.0 Å². The van der Waals surface area contributed by atoms with Crippen LogP contribution in [0.4, 0.5) is 0 Å². The van der Waals surface area contributed by atoms with Crippen LogP contribution in [0.3, 0.4) is 0 Å². The Kier molecular flexibility index (Phi) is 3.15. The van der Waals surface area contributed by atoms with E-state index in [-0.39, 0.29) is 0 Å². The van der Waals surface area contributed by atoms with Gasteiger partial charge in [0.15, 0.2) is 0 Å². The van der Waals surface area contributed by atoms with Crippen LogP contribution >= 0.6 is 0 Å². The fraction of sp³-hybridized carbons (Fsp3) is 0.400. The third kappa shape index (κ3) is 2.31. The van der Waals surface area contributed by atoms with Gasteiger partial charge in [-0.2, -0.15) is 0 Å². The number of benzene rings is 1. The summed E-state index contributed by atoms with van der Waals surface area (Å²) in [5.41, 5.74) is 3.71. The molecule has 0 bridgehead atoms. The monoisotopic (exact) mass is 241 g/mol. The SMILES string of the molecule is Cc1ccc(-n2cnc(C3CCNCC3)c2)cc1. The molecular formula is C15H19N3. The van der Waals surface area contributed by atoms with Crippen molar-refractivity contribution in [2.75, 3.05) is 13.1 Å². The summed E-state index contributed by atoms with van der Waals surface area (Å²) in [6.07, 6.45) is 6.51. The number of rotatable bonds is 2. The maximum absolute atomic E-state index is 4.57. The molecule has 0 spiro atoms. The summed E-state index contributed by atoms with van der Waals surface area (Å²) < 4.78 is 2.12. The number of hydrogen-bond acceptors (Lipinski definition) is 2. The lowest BCUT2D eigenvalue weighted by molar-refractivity contribution is 0.454. The van der Waals surface area contributed by atoms with Gasteiger partial charge in [0.2, 0.25) is 0 Å². The van der Waals surface area contributed by atoms with Crippen molar-refractivity contribution in [2.45, 2.75) is 25.7 Å². The van der Waals surface area contributed by atoms with Crippen molar-refractivity contribution in [3.05, 3.63) is 48.0 Å². The number of imidazole rings is 1. The molecule has 1 aliphatic heterocycles. The van der Waals surface area contributed by atoms with Gasteiger partial charge >= 0.3 is 0 Å². The quantitative estimate of drug-likeness (QED) is 0.876. The first-order valence-electron chi connectivity index (χ1n) is 6.64. The van der Waals surface area contributed by atoms with Crippen molar-refractivity contribution in [1.82, 2.24) is 14.9 Å². The van der Waals surface area contributed by atoms with Crippen LogP contribution in [0.2, 0.25) is 0 Å². The average molecular weight is 241 g/mol. The van der Waals surface area contributed by atoms with E-state index in [4.69, 9.17) is 0 Å². The zero-order valence-corrected chi connectivity index (χ0v) is 10.8. The van der Waals surface area contributed by atoms with Crippen LogP contribution in [-0.4, -0.2) is 22.6 Å². The molecule has 1 N–H and O–H groups in total. The summed E-state index contributed by atoms with van der Waals surface area (Å²) in [6.45, 7) is 4.34. The zero-order valence-electron chi connectivity index (χ0n) is 10.8. The van der Waals surface area contributed by atoms with E-state index in [2.05, 4.69) is 52.3 Å². The topological polar surface area (TPSA) is 29.9 Å². The third-order valence-corrected chi connectivity index (χ3v) is 3.69. The van der Waals surface area contributed by atoms with Gasteiger partial charge in [0, 0.05) is 17.8 Å². The molecule has 18 heavy (non-hydrogen) atoms. The second-order valence-corrected chi connectivity index (χ2v) is 5.07. The number of nitrogens with zero attached hydrogens (tertiary/aromatic N) is 2. The molecule has 1 fully saturated rings. The first-order valence-corrected chi connectivity index (χ1v) is 6.64. The van der Waals surface area contributed by atoms with Crippen LogP contribution in [0.1, 0.15) is 30.0 Å². The molecule has 0 radical (unpaired) electrons. The molecule has 1 aromatic carbocycles. The molecule has 0 saturated carbocycles. The average Bonchev–Trinajstić information content (AvgIpc) is 2.90. The molecule has 3 rings (SSSR count). The van der Waals surface area contributed by atoms with E-state index in [9.17, 15) is 0 Å². The minimum Gasteiger partial charge on any atom is -0.317 e. The molecule has 1 aromatic heterocycles. The molecule has 2 heterocycles. The number of piperidine rings is 1. The summed E-state index contributed by atoms with van der Waals surface area (Å²) >= 11 is 0. The molecule has 0 aliphatic carbocycles. The summed E-state index contributed by atoms with van der Waals surface area (Å²) in [7, 11) is 0. The van der Waals surface area contributed by atoms with Crippen LogP contribution < -0.4 is 5.32 Å². The Morgan fingerprint density at radius 1 is 1.17 bits per heavy atom. The van der Waals surface area contributed by atoms with Crippen molar-refractivity contribution in [2.24, 2.45) is 0 Å². The molecule has 94 valence electrons. The lowest BCUT2D eigenvalue weighted by atomic mass is 9.95. The number of nitrogens with one attached hydrogen (secondary N) is 1. The van der Waals surface area contributed by atoms with E-state index in [1.54, 1.807) is 0 Å². The van der Waals surface area contributed by atoms with Gasteiger partial charge in [-0.3, -0.25) is 0 Å². The van der Waals surface area contributed by atoms with Crippen LogP contribution in [0.15, 0.2) is 36.8 Å². The minimum atomic E-state index is 0.623. The molecule has 3 nitrogen and oxygen atoms in total. The first kappa shape index (κ1) is 11.5. The van der Waals surface area contributed by atoms with E-state index < -0.39 is 0 Å². The molecule has 1 aliphatic rings. The molecule has 0 amide bonds. The van der Waals surface area contributed by atoms with Gasteiger partial charge in [0.25, 0.3) is 0 Å². The van der Waals surface area contributed by atoms with E-state index >= 15 is 0 Å². The van der Waals surface area contributed by atoms with Gasteiger partial charge < -0.3 is 9.88 Å². The van der Waals surface area contributed by atoms with Crippen molar-refractivity contribution >= 4 is 0 Å². The molecule has 2 aromatic rings. The van der Waals surface area contributed by atoms with Crippen LogP contribution in [0.5, 0.6) is 0 Å². The second kappa shape index (κ2) is 4.94. The van der Waals surface area contributed by atoms with Crippen LogP contribution in [0, 0.1) is 6.92 Å². The van der Waals surface area contributed by atoms with Gasteiger partial charge in [0.05, 0.1) is 12.0 Å². The predicted molar refractivity (Wildman–Crippen MR) is 73.1 cm³/mol. The Hall–Kier alpha value is -1.61. The standard InChI is InChI=1S/C15H19N3/c1-12-2-4-14(5-3-12)18-10-15(17-11-18)13-6-8-16-9-7-13/h2-5,10-11,13,16H,6-9H2,1H3. The van der Waals surface area contributed by atoms with Gasteiger partial charge in [-0.15, -0.1) is 0 Å². The summed E-state index contributed by atoms with van der Waals surface area (Å²) in [5, 5.41) is 3.39. The smallest absolute Gasteiger partial charge is 0.0995 e. The van der Waals surface area contributed by atoms with Crippen molar-refractivity contribution < 1.29 is 0 Å². The van der Waals surface area contributed by atoms with Gasteiger partial charge in [-0.25, -0.2) is 4.98 Å². The maximum atomic E-state index is 4.57. The third-order valence-electron chi connectivity index (χ3n) is 3.69. The van der Waals surface area contributed by atoms with Crippen molar-refractivity contribution in [3.8, 4) is 5.69 Å². The van der Waals surface area contributed by atoms with Crippen molar-refractivity contribution in [3.63, 3.8) is 0 Å². The molecule has 3 heteroatoms. The Balaban J connectivity index is 1.82. The van der Waals surface area contributed by atoms with E-state index in [1.807, 2.05) is 6.33 Å². The normalized spacial score (nSPS) is 16.9. The summed E-state index contributed by atoms with van der Waals surface area (Å²) in [4.78, 5) is 4.57. The maximum Gasteiger partial charge on any atom is 0.0995 e. The Morgan fingerprint density at radius 3 is 2.61 bits per heavy atom. The van der Waals surface area contributed by atoms with Crippen LogP contribution in [0.25, 0.3) is 5.69 Å². The molecule has 0 unspecified atom stereocenters. The highest BCUT2D eigenvalue weighted by Crippen LogP contribution is 2.24. The lowest BCUT2D eigenvalue weighted by Crippen LogP contribution is -2.26. The predicted octanol–water partition coefficient (Wildman–Crippen LogP) is 2.65. The molecular weight excluding hydrogens is 222 g/mol. The summed E-state index contributed by atoms with van der Waals surface area (Å²) in [6, 6.07) is 8.56. The van der Waals surface area contributed by atoms with E-state index in [1.165, 1.54) is 29.8 Å². The van der Waals surface area contributed by atoms with Crippen LogP contribution in [-0.2, 0) is 0 Å².